The Morgan fingerprint density at radius 3 is 2.57 bits per heavy atom. The molecule has 0 unspecified atom stereocenters. The Bertz CT molecular complexity index is 1290. The highest BCUT2D eigenvalue weighted by Gasteiger charge is 2.35. The van der Waals surface area contributed by atoms with Crippen molar-refractivity contribution in [3.8, 4) is 11.1 Å². The maximum absolute atomic E-state index is 6.26. The summed E-state index contributed by atoms with van der Waals surface area (Å²) in [6.07, 6.45) is 0.995. The largest absolute Gasteiger partial charge is 0.379 e. The van der Waals surface area contributed by atoms with Gasteiger partial charge in [0, 0.05) is 44.3 Å². The van der Waals surface area contributed by atoms with E-state index in [2.05, 4.69) is 63.2 Å². The van der Waals surface area contributed by atoms with Gasteiger partial charge in [-0.05, 0) is 43.5 Å². The van der Waals surface area contributed by atoms with Gasteiger partial charge < -0.3 is 18.6 Å². The first kappa shape index (κ1) is 22.5. The molecule has 0 aliphatic carbocycles. The lowest BCUT2D eigenvalue weighted by Gasteiger charge is -2.27. The van der Waals surface area contributed by atoms with E-state index in [0.29, 0.717) is 0 Å². The van der Waals surface area contributed by atoms with Gasteiger partial charge in [-0.2, -0.15) is 0 Å². The summed E-state index contributed by atoms with van der Waals surface area (Å²) in [5.41, 5.74) is 6.46. The van der Waals surface area contributed by atoms with Crippen molar-refractivity contribution in [3.05, 3.63) is 71.4 Å². The molecule has 2 aromatic carbocycles. The third-order valence-corrected chi connectivity index (χ3v) is 7.39. The Balaban J connectivity index is 1.41. The monoisotopic (exact) mass is 472 g/mol. The predicted octanol–water partition coefficient (Wildman–Crippen LogP) is 4.89. The van der Waals surface area contributed by atoms with E-state index in [-0.39, 0.29) is 12.0 Å². The van der Waals surface area contributed by atoms with Crippen molar-refractivity contribution in [2.24, 2.45) is 0 Å². The van der Waals surface area contributed by atoms with E-state index in [1.165, 1.54) is 11.1 Å². The maximum Gasteiger partial charge on any atom is 0.141 e. The molecule has 2 atom stereocenters. The molecule has 0 radical (unpaired) electrons. The van der Waals surface area contributed by atoms with Crippen molar-refractivity contribution in [1.82, 2.24) is 19.6 Å². The van der Waals surface area contributed by atoms with Crippen LogP contribution in [-0.4, -0.2) is 59.1 Å². The average molecular weight is 473 g/mol. The lowest BCUT2D eigenvalue weighted by Crippen LogP contribution is -2.38. The highest BCUT2D eigenvalue weighted by atomic mass is 16.5. The Hall–Kier alpha value is -3.00. The Morgan fingerprint density at radius 2 is 1.80 bits per heavy atom. The fraction of sp³-hybridized carbons (Fsp3) is 0.429. The maximum atomic E-state index is 6.26. The number of nitrogens with zero attached hydrogens (tertiary/aromatic N) is 4. The summed E-state index contributed by atoms with van der Waals surface area (Å²) >= 11 is 0. The van der Waals surface area contributed by atoms with Gasteiger partial charge in [-0.15, -0.1) is 0 Å². The second-order valence-electron chi connectivity index (χ2n) is 9.58. The van der Waals surface area contributed by atoms with Gasteiger partial charge in [-0.3, -0.25) is 4.90 Å². The smallest absolute Gasteiger partial charge is 0.141 e. The molecule has 35 heavy (non-hydrogen) atoms. The summed E-state index contributed by atoms with van der Waals surface area (Å²) in [7, 11) is 0. The van der Waals surface area contributed by atoms with Crippen molar-refractivity contribution in [3.63, 3.8) is 0 Å². The van der Waals surface area contributed by atoms with Gasteiger partial charge in [-0.1, -0.05) is 41.6 Å². The Morgan fingerprint density at radius 1 is 0.971 bits per heavy atom. The van der Waals surface area contributed by atoms with Gasteiger partial charge in [-0.25, -0.2) is 4.98 Å². The molecule has 2 aliphatic rings. The normalized spacial score (nSPS) is 21.2. The number of aromatic nitrogens is 3. The number of hydrogen-bond donors (Lipinski definition) is 0. The van der Waals surface area contributed by atoms with Crippen LogP contribution >= 0.6 is 0 Å². The molecule has 0 saturated carbocycles. The van der Waals surface area contributed by atoms with Gasteiger partial charge in [0.1, 0.15) is 11.6 Å². The second-order valence-corrected chi connectivity index (χ2v) is 9.58. The van der Waals surface area contributed by atoms with Crippen LogP contribution in [0.3, 0.4) is 0 Å². The first-order chi connectivity index (χ1) is 17.2. The van der Waals surface area contributed by atoms with Crippen LogP contribution in [0, 0.1) is 13.8 Å². The standard InChI is InChI=1S/C28H32N4O3/c1-19-26(20(2)35-30-19)22-8-9-25-24(18-22)29-28(32(25)12-11-31-13-16-33-17-14-31)23-10-15-34-27(23)21-6-4-3-5-7-21/h3-9,18,23,27H,10-17H2,1-2H3/t23-,27+/m1/s1. The van der Waals surface area contributed by atoms with Crippen molar-refractivity contribution in [1.29, 1.82) is 0 Å². The van der Waals surface area contributed by atoms with Crippen LogP contribution in [0.2, 0.25) is 0 Å². The zero-order chi connectivity index (χ0) is 23.8. The molecule has 2 saturated heterocycles. The van der Waals surface area contributed by atoms with Crippen molar-refractivity contribution in [2.45, 2.75) is 38.8 Å². The van der Waals surface area contributed by atoms with E-state index in [4.69, 9.17) is 19.0 Å². The Kier molecular flexibility index (Phi) is 6.14. The molecule has 0 amide bonds. The zero-order valence-corrected chi connectivity index (χ0v) is 20.4. The molecule has 2 aliphatic heterocycles. The first-order valence-electron chi connectivity index (χ1n) is 12.6. The van der Waals surface area contributed by atoms with Gasteiger partial charge in [0.05, 0.1) is 36.0 Å². The lowest BCUT2D eigenvalue weighted by atomic mass is 9.94. The average Bonchev–Trinajstić information content (AvgIpc) is 3.60. The molecule has 2 aromatic heterocycles. The van der Waals surface area contributed by atoms with Crippen molar-refractivity contribution < 1.29 is 14.0 Å². The number of aryl methyl sites for hydroxylation is 2. The topological polar surface area (TPSA) is 65.6 Å². The molecule has 4 aromatic rings. The lowest BCUT2D eigenvalue weighted by molar-refractivity contribution is 0.0363. The van der Waals surface area contributed by atoms with Crippen LogP contribution in [0.4, 0.5) is 0 Å². The molecular weight excluding hydrogens is 440 g/mol. The van der Waals surface area contributed by atoms with Crippen LogP contribution < -0.4 is 0 Å². The summed E-state index contributed by atoms with van der Waals surface area (Å²) in [6, 6.07) is 17.1. The molecule has 2 fully saturated rings. The summed E-state index contributed by atoms with van der Waals surface area (Å²) in [4.78, 5) is 7.74. The molecule has 7 heteroatoms. The number of fused-ring (bicyclic) bond motifs is 1. The number of morpholine rings is 1. The molecular formula is C28H32N4O3. The summed E-state index contributed by atoms with van der Waals surface area (Å²) in [6.45, 7) is 10.2. The third-order valence-electron chi connectivity index (χ3n) is 7.39. The zero-order valence-electron chi connectivity index (χ0n) is 20.4. The Labute approximate surface area is 205 Å². The summed E-state index contributed by atoms with van der Waals surface area (Å²) < 4.78 is 19.7. The van der Waals surface area contributed by atoms with Gasteiger partial charge >= 0.3 is 0 Å². The van der Waals surface area contributed by atoms with Gasteiger partial charge in [0.2, 0.25) is 0 Å². The van der Waals surface area contributed by atoms with Crippen LogP contribution in [-0.2, 0) is 16.0 Å². The number of ether oxygens (including phenoxy) is 2. The van der Waals surface area contributed by atoms with E-state index in [1.807, 2.05) is 13.8 Å². The molecule has 7 nitrogen and oxygen atoms in total. The minimum absolute atomic E-state index is 0.0252. The highest BCUT2D eigenvalue weighted by Crippen LogP contribution is 2.42. The fourth-order valence-corrected chi connectivity index (χ4v) is 5.61. The molecule has 4 heterocycles. The minimum Gasteiger partial charge on any atom is -0.379 e. The SMILES string of the molecule is Cc1noc(C)c1-c1ccc2c(c1)nc([C@@H]1CCO[C@H]1c1ccccc1)n2CCN1CCOCC1. The number of rotatable bonds is 6. The minimum atomic E-state index is 0.0252. The molecule has 0 spiro atoms. The third kappa shape index (κ3) is 4.29. The molecule has 0 bridgehead atoms. The molecule has 6 rings (SSSR count). The molecule has 0 N–H and O–H groups in total. The quantitative estimate of drug-likeness (QED) is 0.398. The van der Waals surface area contributed by atoms with Crippen molar-refractivity contribution in [2.75, 3.05) is 39.5 Å². The second kappa shape index (κ2) is 9.57. The van der Waals surface area contributed by atoms with E-state index in [0.717, 1.165) is 86.3 Å². The van der Waals surface area contributed by atoms with E-state index < -0.39 is 0 Å². The highest BCUT2D eigenvalue weighted by molar-refractivity contribution is 5.83. The first-order valence-corrected chi connectivity index (χ1v) is 12.6. The van der Waals surface area contributed by atoms with Crippen LogP contribution in [0.1, 0.15) is 41.3 Å². The number of benzene rings is 2. The number of imidazole rings is 1. The van der Waals surface area contributed by atoms with Crippen molar-refractivity contribution >= 4 is 11.0 Å². The number of hydrogen-bond acceptors (Lipinski definition) is 6. The summed E-state index contributed by atoms with van der Waals surface area (Å²) in [5, 5.41) is 4.15. The summed E-state index contributed by atoms with van der Waals surface area (Å²) in [5.74, 6) is 2.18. The van der Waals surface area contributed by atoms with Crippen LogP contribution in [0.25, 0.3) is 22.2 Å². The van der Waals surface area contributed by atoms with E-state index in [9.17, 15) is 0 Å². The van der Waals surface area contributed by atoms with Crippen LogP contribution in [0.5, 0.6) is 0 Å². The predicted molar refractivity (Wildman–Crippen MR) is 134 cm³/mol. The fourth-order valence-electron chi connectivity index (χ4n) is 5.61. The van der Waals surface area contributed by atoms with Gasteiger partial charge in [0.25, 0.3) is 0 Å². The molecule has 182 valence electrons. The van der Waals surface area contributed by atoms with E-state index >= 15 is 0 Å². The van der Waals surface area contributed by atoms with Gasteiger partial charge in [0.15, 0.2) is 0 Å². The van der Waals surface area contributed by atoms with E-state index in [1.54, 1.807) is 0 Å². The van der Waals surface area contributed by atoms with Crippen LogP contribution in [0.15, 0.2) is 53.1 Å².